The number of hydrogen-bond acceptors (Lipinski definition) is 3. The average Bonchev–Trinajstić information content (AvgIpc) is 2.39. The topological polar surface area (TPSA) is 64.0 Å². The molecule has 0 bridgehead atoms. The van der Waals surface area contributed by atoms with Crippen molar-refractivity contribution in [3.05, 3.63) is 59.0 Å². The lowest BCUT2D eigenvalue weighted by atomic mass is 10.2. The van der Waals surface area contributed by atoms with E-state index < -0.39 is 6.04 Å². The summed E-state index contributed by atoms with van der Waals surface area (Å²) in [7, 11) is 0. The Morgan fingerprint density at radius 3 is 2.61 bits per heavy atom. The summed E-state index contributed by atoms with van der Waals surface area (Å²) >= 11 is 0. The molecule has 0 aliphatic rings. The van der Waals surface area contributed by atoms with Crippen molar-refractivity contribution >= 4 is 11.6 Å². The van der Waals surface area contributed by atoms with Crippen molar-refractivity contribution in [2.45, 2.75) is 13.0 Å². The van der Waals surface area contributed by atoms with Crippen LogP contribution in [-0.4, -0.2) is 15.7 Å². The van der Waals surface area contributed by atoms with Crippen molar-refractivity contribution in [3.63, 3.8) is 0 Å². The predicted molar refractivity (Wildman–Crippen MR) is 68.3 cm³/mol. The standard InChI is InChI=1S/C13H13N3O2/c1-10(16-12(17)8-5-9-14-16)13(18)15-11-6-3-2-4-7-11/h2-10H,1H3,(H,15,18). The quantitative estimate of drug-likeness (QED) is 0.887. The van der Waals surface area contributed by atoms with Gasteiger partial charge in [0, 0.05) is 18.0 Å². The molecule has 1 amide bonds. The molecule has 0 fully saturated rings. The van der Waals surface area contributed by atoms with E-state index in [1.807, 2.05) is 18.2 Å². The second kappa shape index (κ2) is 5.27. The SMILES string of the molecule is CC(C(=O)Nc1ccccc1)n1ncccc1=O. The number of anilines is 1. The van der Waals surface area contributed by atoms with Gasteiger partial charge >= 0.3 is 0 Å². The van der Waals surface area contributed by atoms with Crippen LogP contribution in [0, 0.1) is 0 Å². The number of para-hydroxylation sites is 1. The van der Waals surface area contributed by atoms with Crippen LogP contribution >= 0.6 is 0 Å². The number of benzene rings is 1. The maximum atomic E-state index is 12.0. The second-order valence-corrected chi connectivity index (χ2v) is 3.84. The fourth-order valence-corrected chi connectivity index (χ4v) is 1.54. The van der Waals surface area contributed by atoms with Gasteiger partial charge in [0.05, 0.1) is 0 Å². The van der Waals surface area contributed by atoms with Gasteiger partial charge in [0.25, 0.3) is 5.56 Å². The molecular formula is C13H13N3O2. The Kier molecular flexibility index (Phi) is 3.52. The van der Waals surface area contributed by atoms with Crippen LogP contribution in [0.15, 0.2) is 53.5 Å². The molecule has 0 aliphatic heterocycles. The van der Waals surface area contributed by atoms with E-state index in [4.69, 9.17) is 0 Å². The predicted octanol–water partition coefficient (Wildman–Crippen LogP) is 1.44. The maximum absolute atomic E-state index is 12.0. The van der Waals surface area contributed by atoms with E-state index in [1.165, 1.54) is 12.3 Å². The lowest BCUT2D eigenvalue weighted by Gasteiger charge is -2.13. The van der Waals surface area contributed by atoms with Crippen molar-refractivity contribution in [2.24, 2.45) is 0 Å². The summed E-state index contributed by atoms with van der Waals surface area (Å²) in [5.41, 5.74) is 0.395. The Hall–Kier alpha value is -2.43. The zero-order valence-electron chi connectivity index (χ0n) is 9.91. The number of nitrogens with one attached hydrogen (secondary N) is 1. The van der Waals surface area contributed by atoms with Crippen molar-refractivity contribution in [1.29, 1.82) is 0 Å². The van der Waals surface area contributed by atoms with Crippen molar-refractivity contribution in [2.75, 3.05) is 5.32 Å². The van der Waals surface area contributed by atoms with E-state index in [9.17, 15) is 9.59 Å². The summed E-state index contributed by atoms with van der Waals surface area (Å²) < 4.78 is 1.15. The van der Waals surface area contributed by atoms with E-state index >= 15 is 0 Å². The molecule has 0 aliphatic carbocycles. The zero-order chi connectivity index (χ0) is 13.0. The molecule has 0 radical (unpaired) electrons. The lowest BCUT2D eigenvalue weighted by molar-refractivity contribution is -0.119. The van der Waals surface area contributed by atoms with Crippen molar-refractivity contribution in [1.82, 2.24) is 9.78 Å². The van der Waals surface area contributed by atoms with E-state index in [-0.39, 0.29) is 11.5 Å². The molecule has 1 unspecified atom stereocenters. The lowest BCUT2D eigenvalue weighted by Crippen LogP contribution is -2.32. The number of carbonyl (C=O) groups excluding carboxylic acids is 1. The molecule has 18 heavy (non-hydrogen) atoms. The molecular weight excluding hydrogens is 230 g/mol. The molecule has 1 N–H and O–H groups in total. The van der Waals surface area contributed by atoms with Crippen molar-refractivity contribution in [3.8, 4) is 0 Å². The first-order valence-electron chi connectivity index (χ1n) is 5.58. The number of rotatable bonds is 3. The van der Waals surface area contributed by atoms with Gasteiger partial charge in [0.15, 0.2) is 0 Å². The molecule has 0 saturated heterocycles. The molecule has 2 rings (SSSR count). The third-order valence-corrected chi connectivity index (χ3v) is 2.53. The molecule has 5 heteroatoms. The van der Waals surface area contributed by atoms with E-state index in [0.29, 0.717) is 5.69 Å². The van der Waals surface area contributed by atoms with Gasteiger partial charge in [-0.25, -0.2) is 4.68 Å². The van der Waals surface area contributed by atoms with Crippen LogP contribution in [0.3, 0.4) is 0 Å². The molecule has 1 aromatic heterocycles. The highest BCUT2D eigenvalue weighted by Gasteiger charge is 2.16. The minimum absolute atomic E-state index is 0.276. The third kappa shape index (κ3) is 2.63. The first-order valence-corrected chi connectivity index (χ1v) is 5.58. The first-order chi connectivity index (χ1) is 8.68. The van der Waals surface area contributed by atoms with E-state index in [2.05, 4.69) is 10.4 Å². The van der Waals surface area contributed by atoms with Crippen LogP contribution in [-0.2, 0) is 4.79 Å². The maximum Gasteiger partial charge on any atom is 0.267 e. The second-order valence-electron chi connectivity index (χ2n) is 3.84. The van der Waals surface area contributed by atoms with E-state index in [1.54, 1.807) is 25.1 Å². The molecule has 92 valence electrons. The molecule has 1 heterocycles. The first kappa shape index (κ1) is 12.0. The number of hydrogen-bond donors (Lipinski definition) is 1. The zero-order valence-corrected chi connectivity index (χ0v) is 9.91. The van der Waals surface area contributed by atoms with Gasteiger partial charge in [-0.2, -0.15) is 5.10 Å². The highest BCUT2D eigenvalue weighted by Crippen LogP contribution is 2.09. The minimum Gasteiger partial charge on any atom is -0.324 e. The normalized spacial score (nSPS) is 11.8. The van der Waals surface area contributed by atoms with Crippen molar-refractivity contribution < 1.29 is 4.79 Å². The fraction of sp³-hybridized carbons (Fsp3) is 0.154. The average molecular weight is 243 g/mol. The van der Waals surface area contributed by atoms with Gasteiger partial charge in [-0.3, -0.25) is 9.59 Å². The van der Waals surface area contributed by atoms with Gasteiger partial charge in [-0.05, 0) is 25.1 Å². The molecule has 0 saturated carbocycles. The Balaban J connectivity index is 2.15. The third-order valence-electron chi connectivity index (χ3n) is 2.53. The number of carbonyl (C=O) groups is 1. The Labute approximate surface area is 104 Å². The molecule has 1 aromatic carbocycles. The molecule has 5 nitrogen and oxygen atoms in total. The highest BCUT2D eigenvalue weighted by atomic mass is 16.2. The largest absolute Gasteiger partial charge is 0.324 e. The smallest absolute Gasteiger partial charge is 0.267 e. The van der Waals surface area contributed by atoms with Crippen LogP contribution in [0.5, 0.6) is 0 Å². The summed E-state index contributed by atoms with van der Waals surface area (Å²) in [6.45, 7) is 1.63. The minimum atomic E-state index is -0.654. The number of aromatic nitrogens is 2. The molecule has 0 spiro atoms. The summed E-state index contributed by atoms with van der Waals surface area (Å²) in [4.78, 5) is 23.5. The highest BCUT2D eigenvalue weighted by molar-refractivity contribution is 5.93. The summed E-state index contributed by atoms with van der Waals surface area (Å²) in [5.74, 6) is -0.276. The Morgan fingerprint density at radius 1 is 1.22 bits per heavy atom. The van der Waals surface area contributed by atoms with Crippen LogP contribution < -0.4 is 10.9 Å². The van der Waals surface area contributed by atoms with Crippen LogP contribution in [0.2, 0.25) is 0 Å². The van der Waals surface area contributed by atoms with Gasteiger partial charge < -0.3 is 5.32 Å². The van der Waals surface area contributed by atoms with Gasteiger partial charge in [0.2, 0.25) is 5.91 Å². The monoisotopic (exact) mass is 243 g/mol. The summed E-state index contributed by atoms with van der Waals surface area (Å²) in [6, 6.07) is 11.3. The summed E-state index contributed by atoms with van der Waals surface area (Å²) in [5, 5.41) is 6.61. The van der Waals surface area contributed by atoms with Gasteiger partial charge in [0.1, 0.15) is 6.04 Å². The Morgan fingerprint density at radius 2 is 1.94 bits per heavy atom. The molecule has 2 aromatic rings. The number of amides is 1. The van der Waals surface area contributed by atoms with Crippen LogP contribution in [0.4, 0.5) is 5.69 Å². The van der Waals surface area contributed by atoms with Gasteiger partial charge in [-0.15, -0.1) is 0 Å². The van der Waals surface area contributed by atoms with E-state index in [0.717, 1.165) is 4.68 Å². The van der Waals surface area contributed by atoms with Crippen LogP contribution in [0.25, 0.3) is 0 Å². The van der Waals surface area contributed by atoms with Gasteiger partial charge in [-0.1, -0.05) is 18.2 Å². The number of nitrogens with zero attached hydrogens (tertiary/aromatic N) is 2. The summed E-state index contributed by atoms with van der Waals surface area (Å²) in [6.07, 6.45) is 1.48. The fourth-order valence-electron chi connectivity index (χ4n) is 1.54. The molecule has 1 atom stereocenters. The Bertz CT molecular complexity index is 592. The van der Waals surface area contributed by atoms with Crippen LogP contribution in [0.1, 0.15) is 13.0 Å².